The SMILES string of the molecule is CCc1nnc(SCC(=O)O)n1CCc1ncno1. The van der Waals surface area contributed by atoms with E-state index in [4.69, 9.17) is 9.63 Å². The summed E-state index contributed by atoms with van der Waals surface area (Å²) in [5.41, 5.74) is 0. The molecule has 0 bridgehead atoms. The summed E-state index contributed by atoms with van der Waals surface area (Å²) in [6.07, 6.45) is 2.64. The van der Waals surface area contributed by atoms with Crippen molar-refractivity contribution in [2.45, 2.75) is 31.5 Å². The van der Waals surface area contributed by atoms with Crippen molar-refractivity contribution < 1.29 is 14.4 Å². The van der Waals surface area contributed by atoms with Crippen molar-refractivity contribution in [2.24, 2.45) is 0 Å². The molecule has 0 aliphatic rings. The van der Waals surface area contributed by atoms with Crippen molar-refractivity contribution in [2.75, 3.05) is 5.75 Å². The van der Waals surface area contributed by atoms with Crippen LogP contribution in [0.5, 0.6) is 0 Å². The largest absolute Gasteiger partial charge is 0.481 e. The van der Waals surface area contributed by atoms with Crippen molar-refractivity contribution in [1.82, 2.24) is 24.9 Å². The van der Waals surface area contributed by atoms with Crippen molar-refractivity contribution in [3.63, 3.8) is 0 Å². The summed E-state index contributed by atoms with van der Waals surface area (Å²) in [7, 11) is 0. The molecule has 0 saturated heterocycles. The molecule has 0 amide bonds. The van der Waals surface area contributed by atoms with Gasteiger partial charge in [0.2, 0.25) is 5.89 Å². The van der Waals surface area contributed by atoms with Gasteiger partial charge in [-0.25, -0.2) is 0 Å². The van der Waals surface area contributed by atoms with E-state index < -0.39 is 5.97 Å². The molecule has 0 aromatic carbocycles. The van der Waals surface area contributed by atoms with Crippen LogP contribution in [0.2, 0.25) is 0 Å². The van der Waals surface area contributed by atoms with E-state index in [1.807, 2.05) is 11.5 Å². The van der Waals surface area contributed by atoms with Gasteiger partial charge in [-0.1, -0.05) is 23.8 Å². The van der Waals surface area contributed by atoms with Gasteiger partial charge < -0.3 is 14.2 Å². The Morgan fingerprint density at radius 2 is 2.37 bits per heavy atom. The zero-order chi connectivity index (χ0) is 13.7. The summed E-state index contributed by atoms with van der Waals surface area (Å²) in [5.74, 6) is 0.425. The van der Waals surface area contributed by atoms with Gasteiger partial charge >= 0.3 is 5.97 Å². The van der Waals surface area contributed by atoms with Crippen LogP contribution in [-0.2, 0) is 24.2 Å². The highest BCUT2D eigenvalue weighted by Crippen LogP contribution is 2.17. The molecular weight excluding hydrogens is 270 g/mol. The van der Waals surface area contributed by atoms with Gasteiger partial charge in [-0.15, -0.1) is 10.2 Å². The molecule has 0 radical (unpaired) electrons. The van der Waals surface area contributed by atoms with Gasteiger partial charge in [-0.05, 0) is 0 Å². The quantitative estimate of drug-likeness (QED) is 0.738. The van der Waals surface area contributed by atoms with E-state index in [-0.39, 0.29) is 5.75 Å². The minimum absolute atomic E-state index is 0.0393. The number of aryl methyl sites for hydroxylation is 2. The zero-order valence-corrected chi connectivity index (χ0v) is 11.1. The van der Waals surface area contributed by atoms with Gasteiger partial charge in [0.1, 0.15) is 5.82 Å². The van der Waals surface area contributed by atoms with Crippen LogP contribution in [0.4, 0.5) is 0 Å². The van der Waals surface area contributed by atoms with Gasteiger partial charge in [0, 0.05) is 19.4 Å². The normalized spacial score (nSPS) is 10.8. The van der Waals surface area contributed by atoms with Gasteiger partial charge in [-0.2, -0.15) is 4.98 Å². The Balaban J connectivity index is 2.07. The molecule has 0 atom stereocenters. The molecule has 0 aliphatic heterocycles. The van der Waals surface area contributed by atoms with Crippen LogP contribution >= 0.6 is 11.8 Å². The Labute approximate surface area is 113 Å². The van der Waals surface area contributed by atoms with E-state index in [0.717, 1.165) is 24.0 Å². The molecule has 2 aromatic heterocycles. The minimum Gasteiger partial charge on any atom is -0.481 e. The number of nitrogens with zero attached hydrogens (tertiary/aromatic N) is 5. The van der Waals surface area contributed by atoms with Crippen LogP contribution in [0.1, 0.15) is 18.6 Å². The lowest BCUT2D eigenvalue weighted by Gasteiger charge is -2.06. The average molecular weight is 283 g/mol. The van der Waals surface area contributed by atoms with Gasteiger partial charge in [0.25, 0.3) is 0 Å². The minimum atomic E-state index is -0.880. The monoisotopic (exact) mass is 283 g/mol. The number of hydrogen-bond acceptors (Lipinski definition) is 7. The fourth-order valence-corrected chi connectivity index (χ4v) is 2.26. The Morgan fingerprint density at radius 1 is 1.53 bits per heavy atom. The third-order valence-electron chi connectivity index (χ3n) is 2.39. The standard InChI is InChI=1S/C10H13N5O3S/c1-2-7-13-14-10(19-5-9(16)17)15(7)4-3-8-11-6-12-18-8/h6H,2-5H2,1H3,(H,16,17). The van der Waals surface area contributed by atoms with Crippen molar-refractivity contribution >= 4 is 17.7 Å². The molecule has 9 heteroatoms. The number of carbonyl (C=O) groups is 1. The maximum absolute atomic E-state index is 10.6. The topological polar surface area (TPSA) is 107 Å². The average Bonchev–Trinajstić information content (AvgIpc) is 3.02. The first-order chi connectivity index (χ1) is 9.20. The first kappa shape index (κ1) is 13.5. The molecule has 2 rings (SSSR count). The number of rotatable bonds is 7. The van der Waals surface area contributed by atoms with Crippen LogP contribution in [0, 0.1) is 0 Å². The predicted octanol–water partition coefficient (Wildman–Crippen LogP) is 0.643. The first-order valence-electron chi connectivity index (χ1n) is 5.73. The lowest BCUT2D eigenvalue weighted by atomic mass is 10.4. The highest BCUT2D eigenvalue weighted by molar-refractivity contribution is 7.99. The molecule has 2 aromatic rings. The second-order valence-corrected chi connectivity index (χ2v) is 4.61. The Kier molecular flexibility index (Phi) is 4.50. The van der Waals surface area contributed by atoms with Crippen molar-refractivity contribution in [3.05, 3.63) is 18.0 Å². The van der Waals surface area contributed by atoms with Gasteiger partial charge in [0.15, 0.2) is 11.5 Å². The molecule has 8 nitrogen and oxygen atoms in total. The van der Waals surface area contributed by atoms with Crippen LogP contribution in [0.15, 0.2) is 16.0 Å². The van der Waals surface area contributed by atoms with Crippen LogP contribution < -0.4 is 0 Å². The maximum atomic E-state index is 10.6. The van der Waals surface area contributed by atoms with Gasteiger partial charge in [-0.3, -0.25) is 4.79 Å². The molecule has 1 N–H and O–H groups in total. The molecule has 102 valence electrons. The Morgan fingerprint density at radius 3 is 3.00 bits per heavy atom. The predicted molar refractivity (Wildman–Crippen MR) is 65.8 cm³/mol. The summed E-state index contributed by atoms with van der Waals surface area (Å²) < 4.78 is 6.81. The van der Waals surface area contributed by atoms with E-state index in [9.17, 15) is 4.79 Å². The number of aliphatic carboxylic acids is 1. The summed E-state index contributed by atoms with van der Waals surface area (Å²) in [6.45, 7) is 2.55. The third-order valence-corrected chi connectivity index (χ3v) is 3.34. The number of carboxylic acid groups (broad SMARTS) is 1. The molecular formula is C10H13N5O3S. The second-order valence-electron chi connectivity index (χ2n) is 3.67. The lowest BCUT2D eigenvalue weighted by molar-refractivity contribution is -0.133. The number of thioether (sulfide) groups is 1. The molecule has 0 fully saturated rings. The van der Waals surface area contributed by atoms with Crippen molar-refractivity contribution in [3.8, 4) is 0 Å². The Bertz CT molecular complexity index is 539. The number of hydrogen-bond donors (Lipinski definition) is 1. The summed E-state index contributed by atoms with van der Waals surface area (Å²) in [4.78, 5) is 14.5. The number of aromatic nitrogens is 5. The third kappa shape index (κ3) is 3.53. The fraction of sp³-hybridized carbons (Fsp3) is 0.500. The molecule has 19 heavy (non-hydrogen) atoms. The fourth-order valence-electron chi connectivity index (χ4n) is 1.55. The number of carboxylic acids is 1. The smallest absolute Gasteiger partial charge is 0.313 e. The summed E-state index contributed by atoms with van der Waals surface area (Å²) >= 11 is 1.15. The summed E-state index contributed by atoms with van der Waals surface area (Å²) in [6, 6.07) is 0. The van der Waals surface area contributed by atoms with Gasteiger partial charge in [0.05, 0.1) is 5.75 Å². The second kappa shape index (κ2) is 6.32. The van der Waals surface area contributed by atoms with E-state index in [1.165, 1.54) is 6.33 Å². The Hall–Kier alpha value is -1.90. The molecule has 0 aliphatic carbocycles. The first-order valence-corrected chi connectivity index (χ1v) is 6.71. The van der Waals surface area contributed by atoms with E-state index in [2.05, 4.69) is 20.3 Å². The maximum Gasteiger partial charge on any atom is 0.313 e. The van der Waals surface area contributed by atoms with E-state index in [0.29, 0.717) is 24.0 Å². The van der Waals surface area contributed by atoms with E-state index >= 15 is 0 Å². The highest BCUT2D eigenvalue weighted by atomic mass is 32.2. The zero-order valence-electron chi connectivity index (χ0n) is 10.3. The molecule has 0 spiro atoms. The molecule has 0 unspecified atom stereocenters. The summed E-state index contributed by atoms with van der Waals surface area (Å²) in [5, 5.41) is 20.9. The molecule has 0 saturated carbocycles. The van der Waals surface area contributed by atoms with Crippen molar-refractivity contribution in [1.29, 1.82) is 0 Å². The van der Waals surface area contributed by atoms with Crippen LogP contribution in [-0.4, -0.2) is 41.7 Å². The van der Waals surface area contributed by atoms with Crippen LogP contribution in [0.3, 0.4) is 0 Å². The molecule has 2 heterocycles. The van der Waals surface area contributed by atoms with Crippen LogP contribution in [0.25, 0.3) is 0 Å². The lowest BCUT2D eigenvalue weighted by Crippen LogP contribution is -2.08. The van der Waals surface area contributed by atoms with E-state index in [1.54, 1.807) is 0 Å². The highest BCUT2D eigenvalue weighted by Gasteiger charge is 2.13.